The van der Waals surface area contributed by atoms with E-state index in [1.54, 1.807) is 38.2 Å². The first kappa shape index (κ1) is 37.4. The van der Waals surface area contributed by atoms with E-state index in [0.29, 0.717) is 24.2 Å². The minimum Gasteiger partial charge on any atom is -0.494 e. The Hall–Kier alpha value is -3.74. The molecule has 45 heavy (non-hydrogen) atoms. The van der Waals surface area contributed by atoms with Crippen LogP contribution in [-0.2, 0) is 33.4 Å². The number of amides is 2. The van der Waals surface area contributed by atoms with Crippen molar-refractivity contribution in [2.75, 3.05) is 27.9 Å². The van der Waals surface area contributed by atoms with Gasteiger partial charge < -0.3 is 39.9 Å². The van der Waals surface area contributed by atoms with Gasteiger partial charge in [-0.3, -0.25) is 9.59 Å². The second kappa shape index (κ2) is 17.7. The largest absolute Gasteiger partial charge is 0.494 e. The van der Waals surface area contributed by atoms with Crippen LogP contribution in [0.15, 0.2) is 63.7 Å². The van der Waals surface area contributed by atoms with Crippen LogP contribution in [0.25, 0.3) is 0 Å². The molecule has 0 spiro atoms. The van der Waals surface area contributed by atoms with Crippen molar-refractivity contribution < 1.29 is 43.3 Å². The van der Waals surface area contributed by atoms with Crippen LogP contribution in [0.1, 0.15) is 54.4 Å². The number of carbonyl (C=O) groups is 3. The predicted octanol–water partition coefficient (Wildman–Crippen LogP) is 3.87. The molecule has 1 heterocycles. The number of aliphatic hydroxyl groups is 1. The number of allylic oxidation sites excluding steroid dienone is 4. The number of primary amides is 1. The number of ketones is 1. The summed E-state index contributed by atoms with van der Waals surface area (Å²) in [6, 6.07) is 0. The third kappa shape index (κ3) is 10.7. The topological polar surface area (TPSA) is 168 Å². The number of nitrogens with two attached hydrogens (primary N) is 1. The number of oxime groups is 1. The monoisotopic (exact) mass is 631 g/mol. The molecule has 1 aliphatic carbocycles. The van der Waals surface area contributed by atoms with Crippen LogP contribution in [0.4, 0.5) is 4.79 Å². The maximum Gasteiger partial charge on any atom is 0.405 e. The lowest BCUT2D eigenvalue weighted by Crippen LogP contribution is -2.37. The van der Waals surface area contributed by atoms with Gasteiger partial charge in [-0.2, -0.15) is 0 Å². The van der Waals surface area contributed by atoms with Crippen molar-refractivity contribution in [3.63, 3.8) is 0 Å². The molecule has 12 heteroatoms. The predicted molar refractivity (Wildman–Crippen MR) is 170 cm³/mol. The molecule has 0 aromatic rings. The number of nitrogens with zero attached hydrogens (tertiary/aromatic N) is 1. The average molecular weight is 632 g/mol. The van der Waals surface area contributed by atoms with Gasteiger partial charge in [0.2, 0.25) is 5.78 Å². The molecule has 2 aliphatic rings. The summed E-state index contributed by atoms with van der Waals surface area (Å²) in [7, 11) is 4.41. The van der Waals surface area contributed by atoms with Gasteiger partial charge in [0.15, 0.2) is 11.9 Å². The summed E-state index contributed by atoms with van der Waals surface area (Å²) < 4.78 is 22.3. The minimum absolute atomic E-state index is 0.0195. The highest BCUT2D eigenvalue weighted by molar-refractivity contribution is 6.24. The highest BCUT2D eigenvalue weighted by atomic mass is 16.6. The summed E-state index contributed by atoms with van der Waals surface area (Å²) in [4.78, 5) is 44.3. The molecule has 0 aromatic heterocycles. The van der Waals surface area contributed by atoms with Crippen LogP contribution < -0.4 is 11.1 Å². The second-order valence-corrected chi connectivity index (χ2v) is 11.9. The van der Waals surface area contributed by atoms with Gasteiger partial charge in [-0.25, -0.2) is 4.79 Å². The van der Waals surface area contributed by atoms with E-state index in [-0.39, 0.29) is 41.0 Å². The quantitative estimate of drug-likeness (QED) is 0.215. The number of hydrogen-bond donors (Lipinski definition) is 3. The van der Waals surface area contributed by atoms with E-state index in [4.69, 9.17) is 29.5 Å². The van der Waals surface area contributed by atoms with Crippen molar-refractivity contribution in [3.05, 3.63) is 58.6 Å². The zero-order valence-electron chi connectivity index (χ0n) is 27.8. The molecule has 250 valence electrons. The van der Waals surface area contributed by atoms with Gasteiger partial charge in [-0.1, -0.05) is 57.2 Å². The van der Waals surface area contributed by atoms with Crippen molar-refractivity contribution in [1.82, 2.24) is 5.32 Å². The number of methoxy groups -OCH3 is 3. The Kier molecular flexibility index (Phi) is 14.7. The Morgan fingerprint density at radius 3 is 2.42 bits per heavy atom. The molecule has 2 rings (SSSR count). The normalized spacial score (nSPS) is 31.4. The zero-order chi connectivity index (χ0) is 33.8. The molecule has 12 nitrogen and oxygen atoms in total. The van der Waals surface area contributed by atoms with Gasteiger partial charge in [-0.05, 0) is 50.2 Å². The fourth-order valence-corrected chi connectivity index (χ4v) is 5.12. The fourth-order valence-electron chi connectivity index (χ4n) is 5.12. The maximum absolute atomic E-state index is 13.8. The van der Waals surface area contributed by atoms with Crippen LogP contribution >= 0.6 is 0 Å². The van der Waals surface area contributed by atoms with Crippen LogP contribution in [-0.4, -0.2) is 81.0 Å². The molecule has 0 unspecified atom stereocenters. The van der Waals surface area contributed by atoms with Crippen molar-refractivity contribution in [3.8, 4) is 0 Å². The number of ether oxygens (including phenoxy) is 4. The smallest absolute Gasteiger partial charge is 0.405 e. The van der Waals surface area contributed by atoms with Crippen LogP contribution in [0.3, 0.4) is 0 Å². The first-order valence-electron chi connectivity index (χ1n) is 15.0. The lowest BCUT2D eigenvalue weighted by molar-refractivity contribution is -0.119. The molecule has 2 amide bonds. The molecule has 6 atom stereocenters. The Balaban J connectivity index is 2.67. The number of fused-ring (bicyclic) bond motifs is 2. The zero-order valence-corrected chi connectivity index (χ0v) is 27.8. The van der Waals surface area contributed by atoms with E-state index >= 15 is 0 Å². The minimum atomic E-state index is -0.990. The van der Waals surface area contributed by atoms with Crippen LogP contribution in [0, 0.1) is 17.8 Å². The van der Waals surface area contributed by atoms with E-state index in [1.807, 2.05) is 27.7 Å². The third-order valence-electron chi connectivity index (χ3n) is 7.53. The number of aliphatic hydroxyl groups excluding tert-OH is 1. The Bertz CT molecular complexity index is 1260. The van der Waals surface area contributed by atoms with Crippen LogP contribution in [0.5, 0.6) is 0 Å². The highest BCUT2D eigenvalue weighted by Crippen LogP contribution is 2.30. The Morgan fingerprint density at radius 1 is 1.16 bits per heavy atom. The fraction of sp³-hybridized carbons (Fsp3) is 0.576. The molecule has 0 aromatic carbocycles. The average Bonchev–Trinajstić information content (AvgIpc) is 2.98. The van der Waals surface area contributed by atoms with Gasteiger partial charge in [0.1, 0.15) is 18.4 Å². The summed E-state index contributed by atoms with van der Waals surface area (Å²) in [6.45, 7) is 11.4. The number of hydrogen-bond acceptors (Lipinski definition) is 10. The summed E-state index contributed by atoms with van der Waals surface area (Å²) in [5.74, 6) is -1.06. The molecule has 4 N–H and O–H groups in total. The van der Waals surface area contributed by atoms with Crippen molar-refractivity contribution in [2.45, 2.75) is 78.8 Å². The first-order chi connectivity index (χ1) is 21.2. The van der Waals surface area contributed by atoms with Crippen LogP contribution in [0.2, 0.25) is 0 Å². The number of rotatable bonds is 7. The maximum atomic E-state index is 13.8. The standard InChI is InChI=1S/C33H49N3O9/c1-18(2)17-44-36-25-16-24-29(38)23(31(25)43-9)13-19(3)14-27(42-8)28(37)21(5)15-22(6)30(45-33(34)40)26(41-7)12-10-11-20(4)32(39)35-24/h10-12,15-16,18-19,21,26-28,30,37H,13-14,17H2,1-9H3,(H2,34,40)(H,35,39)/b12-10-,20-11+,22-15+,36-25-/t19-,21+,26+,27+,28-,30+/m1/s1. The van der Waals surface area contributed by atoms with Gasteiger partial charge in [0.25, 0.3) is 5.91 Å². The van der Waals surface area contributed by atoms with E-state index in [1.165, 1.54) is 27.4 Å². The van der Waals surface area contributed by atoms with Gasteiger partial charge in [0.05, 0.1) is 25.0 Å². The molecule has 0 radical (unpaired) electrons. The molecule has 1 aliphatic heterocycles. The lowest BCUT2D eigenvalue weighted by atomic mass is 9.85. The van der Waals surface area contributed by atoms with Crippen molar-refractivity contribution >= 4 is 23.5 Å². The van der Waals surface area contributed by atoms with Crippen molar-refractivity contribution in [1.29, 1.82) is 0 Å². The van der Waals surface area contributed by atoms with E-state index in [0.717, 1.165) is 0 Å². The molecule has 2 bridgehead atoms. The summed E-state index contributed by atoms with van der Waals surface area (Å²) >= 11 is 0. The molecule has 0 fully saturated rings. The Labute approximate surface area is 266 Å². The SMILES string of the molecule is COC1=C2C[C@@H](C)C[C@H](OC)[C@H](O)[C@@H](C)/C=C(\C)[C@H](OC(N)=O)[C@@H](OC)/C=C\C=C(/C)C(=O)NC(=C/C1=N/OCC(C)C)C2=O. The lowest BCUT2D eigenvalue weighted by Gasteiger charge is -2.30. The summed E-state index contributed by atoms with van der Waals surface area (Å²) in [5, 5.41) is 18.2. The van der Waals surface area contributed by atoms with Gasteiger partial charge in [0, 0.05) is 31.3 Å². The van der Waals surface area contributed by atoms with E-state index in [2.05, 4.69) is 10.5 Å². The van der Waals surface area contributed by atoms with Crippen molar-refractivity contribution in [2.24, 2.45) is 28.6 Å². The molecular formula is C33H49N3O9. The third-order valence-corrected chi connectivity index (χ3v) is 7.53. The van der Waals surface area contributed by atoms with E-state index < -0.39 is 48.1 Å². The van der Waals surface area contributed by atoms with Gasteiger partial charge >= 0.3 is 6.09 Å². The number of nitrogens with one attached hydrogen (secondary N) is 1. The molecular weight excluding hydrogens is 582 g/mol. The highest BCUT2D eigenvalue weighted by Gasteiger charge is 2.33. The Morgan fingerprint density at radius 2 is 1.84 bits per heavy atom. The van der Waals surface area contributed by atoms with Gasteiger partial charge in [-0.15, -0.1) is 0 Å². The first-order valence-corrected chi connectivity index (χ1v) is 15.0. The molecule has 0 saturated heterocycles. The molecule has 0 saturated carbocycles. The summed E-state index contributed by atoms with van der Waals surface area (Å²) in [6.07, 6.45) is 4.38. The number of carbonyl (C=O) groups excluding carboxylic acids is 3. The summed E-state index contributed by atoms with van der Waals surface area (Å²) in [5.41, 5.74) is 6.86. The second-order valence-electron chi connectivity index (χ2n) is 11.9. The number of Topliss-reactive ketones (excluding diaryl/α,β-unsaturated/α-hetero) is 1. The van der Waals surface area contributed by atoms with E-state index in [9.17, 15) is 19.5 Å².